The molecule has 1 fully saturated rings. The third-order valence-electron chi connectivity index (χ3n) is 4.28. The Hall–Kier alpha value is -2.49. The summed E-state index contributed by atoms with van der Waals surface area (Å²) in [5, 5.41) is 3.27. The van der Waals surface area contributed by atoms with Crippen molar-refractivity contribution in [3.8, 4) is 11.5 Å². The number of nitrogens with zero attached hydrogens (tertiary/aromatic N) is 1. The monoisotopic (exact) mass is 324 g/mol. The summed E-state index contributed by atoms with van der Waals surface area (Å²) in [6.45, 7) is 5.73. The number of nitrogens with one attached hydrogen (secondary N) is 1. The minimum absolute atomic E-state index is 0.174. The number of rotatable bonds is 5. The number of aryl methyl sites for hydroxylation is 1. The lowest BCUT2D eigenvalue weighted by atomic mass is 10.2. The molecule has 0 aromatic heterocycles. The number of ether oxygens (including phenoxy) is 1. The Morgan fingerprint density at radius 1 is 1.00 bits per heavy atom. The van der Waals surface area contributed by atoms with Gasteiger partial charge in [0.2, 0.25) is 5.91 Å². The Bertz CT molecular complexity index is 674. The number of hydrogen-bond donors (Lipinski definition) is 1. The van der Waals surface area contributed by atoms with Gasteiger partial charge in [-0.2, -0.15) is 0 Å². The van der Waals surface area contributed by atoms with Crippen LogP contribution >= 0.6 is 0 Å². The smallest absolute Gasteiger partial charge is 0.244 e. The molecule has 0 spiro atoms. The molecule has 0 saturated carbocycles. The van der Waals surface area contributed by atoms with E-state index in [0.717, 1.165) is 43.1 Å². The van der Waals surface area contributed by atoms with Gasteiger partial charge in [0.15, 0.2) is 0 Å². The molecule has 1 N–H and O–H groups in total. The van der Waals surface area contributed by atoms with Gasteiger partial charge in [0, 0.05) is 18.8 Å². The molecular formula is C20H24N2O2. The predicted molar refractivity (Wildman–Crippen MR) is 96.6 cm³/mol. The molecular weight excluding hydrogens is 300 g/mol. The summed E-state index contributed by atoms with van der Waals surface area (Å²) in [7, 11) is 0. The van der Waals surface area contributed by atoms with E-state index >= 15 is 0 Å². The lowest BCUT2D eigenvalue weighted by Crippen LogP contribution is -2.39. The third-order valence-corrected chi connectivity index (χ3v) is 4.28. The highest BCUT2D eigenvalue weighted by molar-refractivity contribution is 5.84. The van der Waals surface area contributed by atoms with Crippen molar-refractivity contribution in [1.29, 1.82) is 0 Å². The average molecular weight is 324 g/mol. The molecule has 2 aromatic carbocycles. The van der Waals surface area contributed by atoms with Crippen molar-refractivity contribution in [1.82, 2.24) is 4.90 Å². The van der Waals surface area contributed by atoms with Crippen molar-refractivity contribution in [2.75, 3.05) is 18.4 Å². The zero-order chi connectivity index (χ0) is 16.9. The first kappa shape index (κ1) is 16.4. The summed E-state index contributed by atoms with van der Waals surface area (Å²) in [6, 6.07) is 15.5. The van der Waals surface area contributed by atoms with E-state index in [-0.39, 0.29) is 11.9 Å². The highest BCUT2D eigenvalue weighted by Gasteiger charge is 2.22. The fraction of sp³-hybridized carbons (Fsp3) is 0.350. The summed E-state index contributed by atoms with van der Waals surface area (Å²) in [6.07, 6.45) is 2.23. The first-order valence-corrected chi connectivity index (χ1v) is 8.52. The molecule has 1 saturated heterocycles. The normalized spacial score (nSPS) is 15.2. The second-order valence-corrected chi connectivity index (χ2v) is 6.34. The van der Waals surface area contributed by atoms with Crippen molar-refractivity contribution in [2.45, 2.75) is 32.7 Å². The van der Waals surface area contributed by atoms with E-state index in [1.807, 2.05) is 60.4 Å². The van der Waals surface area contributed by atoms with Crippen LogP contribution in [-0.4, -0.2) is 29.9 Å². The predicted octanol–water partition coefficient (Wildman–Crippen LogP) is 4.21. The van der Waals surface area contributed by atoms with E-state index in [1.165, 1.54) is 5.56 Å². The van der Waals surface area contributed by atoms with E-state index in [4.69, 9.17) is 4.74 Å². The molecule has 1 aliphatic rings. The molecule has 4 heteroatoms. The van der Waals surface area contributed by atoms with Gasteiger partial charge >= 0.3 is 0 Å². The number of carbonyl (C=O) groups is 1. The molecule has 0 bridgehead atoms. The summed E-state index contributed by atoms with van der Waals surface area (Å²) in [5.41, 5.74) is 2.13. The maximum absolute atomic E-state index is 12.3. The third kappa shape index (κ3) is 4.07. The standard InChI is InChI=1S/C20H24N2O2/c1-15-5-9-18(10-6-15)24-19-11-7-17(8-12-19)21-16(2)20(23)22-13-3-4-14-22/h5-12,16,21H,3-4,13-14H2,1-2H3/t16-/m0/s1. The lowest BCUT2D eigenvalue weighted by molar-refractivity contribution is -0.130. The second-order valence-electron chi connectivity index (χ2n) is 6.34. The Kier molecular flexibility index (Phi) is 5.04. The van der Waals surface area contributed by atoms with Crippen LogP contribution in [0.4, 0.5) is 5.69 Å². The summed E-state index contributed by atoms with van der Waals surface area (Å²) >= 11 is 0. The molecule has 126 valence electrons. The van der Waals surface area contributed by atoms with E-state index in [2.05, 4.69) is 12.2 Å². The van der Waals surface area contributed by atoms with Crippen LogP contribution in [0.3, 0.4) is 0 Å². The number of carbonyl (C=O) groups excluding carboxylic acids is 1. The van der Waals surface area contributed by atoms with Crippen LogP contribution in [0.1, 0.15) is 25.3 Å². The first-order valence-electron chi connectivity index (χ1n) is 8.52. The highest BCUT2D eigenvalue weighted by Crippen LogP contribution is 2.23. The molecule has 1 atom stereocenters. The molecule has 1 heterocycles. The van der Waals surface area contributed by atoms with Gasteiger partial charge < -0.3 is 15.0 Å². The largest absolute Gasteiger partial charge is 0.457 e. The van der Waals surface area contributed by atoms with Gasteiger partial charge in [-0.25, -0.2) is 0 Å². The van der Waals surface area contributed by atoms with Gasteiger partial charge in [0.05, 0.1) is 0 Å². The van der Waals surface area contributed by atoms with Gasteiger partial charge in [-0.3, -0.25) is 4.79 Å². The van der Waals surface area contributed by atoms with E-state index < -0.39 is 0 Å². The molecule has 2 aromatic rings. The number of likely N-dealkylation sites (tertiary alicyclic amines) is 1. The topological polar surface area (TPSA) is 41.6 Å². The second kappa shape index (κ2) is 7.39. The fourth-order valence-electron chi connectivity index (χ4n) is 2.88. The molecule has 24 heavy (non-hydrogen) atoms. The van der Waals surface area contributed by atoms with Crippen LogP contribution in [0, 0.1) is 6.92 Å². The molecule has 1 amide bonds. The van der Waals surface area contributed by atoms with Crippen LogP contribution in [0.25, 0.3) is 0 Å². The van der Waals surface area contributed by atoms with Crippen molar-refractivity contribution < 1.29 is 9.53 Å². The van der Waals surface area contributed by atoms with E-state index in [9.17, 15) is 4.79 Å². The van der Waals surface area contributed by atoms with Crippen molar-refractivity contribution in [3.05, 3.63) is 54.1 Å². The van der Waals surface area contributed by atoms with E-state index in [1.54, 1.807) is 0 Å². The maximum atomic E-state index is 12.3. The molecule has 0 radical (unpaired) electrons. The Labute approximate surface area is 143 Å². The van der Waals surface area contributed by atoms with Gasteiger partial charge in [0.1, 0.15) is 17.5 Å². The molecule has 0 unspecified atom stereocenters. The van der Waals surface area contributed by atoms with Crippen molar-refractivity contribution in [3.63, 3.8) is 0 Å². The minimum Gasteiger partial charge on any atom is -0.457 e. The number of benzene rings is 2. The number of hydrogen-bond acceptors (Lipinski definition) is 3. The quantitative estimate of drug-likeness (QED) is 0.896. The summed E-state index contributed by atoms with van der Waals surface area (Å²) < 4.78 is 5.82. The van der Waals surface area contributed by atoms with Crippen LogP contribution in [-0.2, 0) is 4.79 Å². The minimum atomic E-state index is -0.216. The first-order chi connectivity index (χ1) is 11.6. The zero-order valence-electron chi connectivity index (χ0n) is 14.3. The van der Waals surface area contributed by atoms with Crippen LogP contribution in [0.2, 0.25) is 0 Å². The van der Waals surface area contributed by atoms with Crippen LogP contribution in [0.5, 0.6) is 11.5 Å². The molecule has 3 rings (SSSR count). The number of amides is 1. The lowest BCUT2D eigenvalue weighted by Gasteiger charge is -2.22. The van der Waals surface area contributed by atoms with Gasteiger partial charge in [-0.15, -0.1) is 0 Å². The fourth-order valence-corrected chi connectivity index (χ4v) is 2.88. The van der Waals surface area contributed by atoms with Crippen LogP contribution < -0.4 is 10.1 Å². The highest BCUT2D eigenvalue weighted by atomic mass is 16.5. The van der Waals surface area contributed by atoms with Gasteiger partial charge in [-0.05, 0) is 63.1 Å². The van der Waals surface area contributed by atoms with Gasteiger partial charge in [0.25, 0.3) is 0 Å². The zero-order valence-corrected chi connectivity index (χ0v) is 14.3. The molecule has 1 aliphatic heterocycles. The molecule has 4 nitrogen and oxygen atoms in total. The van der Waals surface area contributed by atoms with Gasteiger partial charge in [-0.1, -0.05) is 17.7 Å². The van der Waals surface area contributed by atoms with E-state index in [0.29, 0.717) is 0 Å². The number of anilines is 1. The summed E-state index contributed by atoms with van der Waals surface area (Å²) in [5.74, 6) is 1.77. The molecule has 0 aliphatic carbocycles. The average Bonchev–Trinajstić information content (AvgIpc) is 3.12. The Morgan fingerprint density at radius 2 is 1.54 bits per heavy atom. The van der Waals surface area contributed by atoms with Crippen molar-refractivity contribution >= 4 is 11.6 Å². The SMILES string of the molecule is Cc1ccc(Oc2ccc(N[C@@H](C)C(=O)N3CCCC3)cc2)cc1. The Morgan fingerprint density at radius 3 is 2.12 bits per heavy atom. The van der Waals surface area contributed by atoms with Crippen molar-refractivity contribution in [2.24, 2.45) is 0 Å². The Balaban J connectivity index is 1.57. The summed E-state index contributed by atoms with van der Waals surface area (Å²) in [4.78, 5) is 14.3. The van der Waals surface area contributed by atoms with Crippen LogP contribution in [0.15, 0.2) is 48.5 Å². The maximum Gasteiger partial charge on any atom is 0.244 e.